The summed E-state index contributed by atoms with van der Waals surface area (Å²) < 4.78 is 6.18. The predicted molar refractivity (Wildman–Crippen MR) is 74.9 cm³/mol. The molecule has 1 aromatic heterocycles. The molecule has 1 heterocycles. The fourth-order valence-corrected chi connectivity index (χ4v) is 2.40. The van der Waals surface area contributed by atoms with Crippen LogP contribution in [0.5, 0.6) is 5.75 Å². The molecule has 0 spiro atoms. The Morgan fingerprint density at radius 1 is 1.05 bits per heavy atom. The van der Waals surface area contributed by atoms with E-state index in [4.69, 9.17) is 62.7 Å². The summed E-state index contributed by atoms with van der Waals surface area (Å²) in [5.41, 5.74) is 0. The first-order valence-corrected chi connectivity index (χ1v) is 6.73. The summed E-state index contributed by atoms with van der Waals surface area (Å²) in [6, 6.07) is 0. The molecule has 0 saturated carbocycles. The highest BCUT2D eigenvalue weighted by Crippen LogP contribution is 2.48. The lowest BCUT2D eigenvalue weighted by Crippen LogP contribution is -2.17. The van der Waals surface area contributed by atoms with Gasteiger partial charge in [-0.15, -0.1) is 5.10 Å². The molecule has 0 radical (unpaired) electrons. The molecular formula is C9H3Cl5N4O2. The number of aromatic nitrogens is 4. The van der Waals surface area contributed by atoms with Gasteiger partial charge in [-0.3, -0.25) is 0 Å². The highest BCUT2D eigenvalue weighted by molar-refractivity contribution is 6.55. The zero-order chi connectivity index (χ0) is 14.9. The van der Waals surface area contributed by atoms with Crippen LogP contribution >= 0.6 is 58.0 Å². The number of hydrogen-bond donors (Lipinski definition) is 0. The van der Waals surface area contributed by atoms with Gasteiger partial charge in [0.25, 0.3) is 0 Å². The minimum atomic E-state index is -0.712. The number of rotatable bonds is 3. The van der Waals surface area contributed by atoms with Crippen molar-refractivity contribution < 1.29 is 9.53 Å². The quantitative estimate of drug-likeness (QED) is 0.355. The summed E-state index contributed by atoms with van der Waals surface area (Å²) >= 11 is 29.3. The summed E-state index contributed by atoms with van der Waals surface area (Å²) in [5.74, 6) is -0.888. The standard InChI is InChI=1S/C9H3Cl5N4O2/c10-4-5(11)7(13)9(8(14)6(4)12)20-3(19)1-18-2-15-16-17-18/h2H,1H2. The predicted octanol–water partition coefficient (Wildman–Crippen LogP) is 3.55. The molecule has 0 saturated heterocycles. The van der Waals surface area contributed by atoms with Crippen molar-refractivity contribution in [2.75, 3.05) is 0 Å². The van der Waals surface area contributed by atoms with Gasteiger partial charge in [0.15, 0.2) is 5.75 Å². The molecule has 106 valence electrons. The maximum Gasteiger partial charge on any atom is 0.333 e. The van der Waals surface area contributed by atoms with Gasteiger partial charge in [-0.05, 0) is 10.4 Å². The molecular weight excluding hydrogens is 373 g/mol. The number of hydrogen-bond acceptors (Lipinski definition) is 5. The van der Waals surface area contributed by atoms with Crippen LogP contribution in [0.4, 0.5) is 0 Å². The van der Waals surface area contributed by atoms with E-state index < -0.39 is 5.97 Å². The molecule has 0 atom stereocenters. The topological polar surface area (TPSA) is 69.9 Å². The average molecular weight is 376 g/mol. The third-order valence-corrected chi connectivity index (χ3v) is 4.31. The number of ether oxygens (including phenoxy) is 1. The van der Waals surface area contributed by atoms with Crippen LogP contribution in [0.15, 0.2) is 6.33 Å². The van der Waals surface area contributed by atoms with Crippen molar-refractivity contribution in [2.24, 2.45) is 0 Å². The number of carbonyl (C=O) groups excluding carboxylic acids is 1. The maximum atomic E-state index is 11.7. The van der Waals surface area contributed by atoms with Crippen molar-refractivity contribution in [3.63, 3.8) is 0 Å². The second-order valence-corrected chi connectivity index (χ2v) is 5.27. The summed E-state index contributed by atoms with van der Waals surface area (Å²) in [7, 11) is 0. The van der Waals surface area contributed by atoms with E-state index in [1.807, 2.05) is 0 Å². The molecule has 0 aliphatic rings. The molecule has 2 rings (SSSR count). The van der Waals surface area contributed by atoms with Crippen molar-refractivity contribution >= 4 is 64.0 Å². The number of esters is 1. The highest BCUT2D eigenvalue weighted by atomic mass is 35.5. The van der Waals surface area contributed by atoms with Crippen molar-refractivity contribution in [1.82, 2.24) is 20.2 Å². The van der Waals surface area contributed by atoms with Gasteiger partial charge >= 0.3 is 5.97 Å². The van der Waals surface area contributed by atoms with Crippen LogP contribution in [-0.4, -0.2) is 26.2 Å². The molecule has 0 unspecified atom stereocenters. The summed E-state index contributed by atoms with van der Waals surface area (Å²) in [5, 5.41) is 9.87. The monoisotopic (exact) mass is 374 g/mol. The smallest absolute Gasteiger partial charge is 0.333 e. The van der Waals surface area contributed by atoms with Crippen LogP contribution in [0, 0.1) is 0 Å². The Balaban J connectivity index is 2.27. The average Bonchev–Trinajstić information content (AvgIpc) is 2.92. The first-order chi connectivity index (χ1) is 9.41. The van der Waals surface area contributed by atoms with Gasteiger partial charge < -0.3 is 4.74 Å². The maximum absolute atomic E-state index is 11.7. The lowest BCUT2D eigenvalue weighted by atomic mass is 10.3. The minimum Gasteiger partial charge on any atom is -0.422 e. The Morgan fingerprint density at radius 2 is 1.60 bits per heavy atom. The third kappa shape index (κ3) is 3.10. The fourth-order valence-electron chi connectivity index (χ4n) is 1.21. The van der Waals surface area contributed by atoms with E-state index in [1.165, 1.54) is 6.33 Å². The second-order valence-electron chi connectivity index (χ2n) is 3.38. The zero-order valence-corrected chi connectivity index (χ0v) is 13.1. The van der Waals surface area contributed by atoms with Gasteiger partial charge in [0.2, 0.25) is 0 Å². The third-order valence-electron chi connectivity index (χ3n) is 2.07. The minimum absolute atomic E-state index is 0.0244. The first kappa shape index (κ1) is 15.6. The summed E-state index contributed by atoms with van der Waals surface area (Å²) in [4.78, 5) is 11.7. The number of benzene rings is 1. The zero-order valence-electron chi connectivity index (χ0n) is 9.28. The van der Waals surface area contributed by atoms with Gasteiger partial charge in [-0.1, -0.05) is 58.0 Å². The Hall–Kier alpha value is -0.790. The van der Waals surface area contributed by atoms with Crippen molar-refractivity contribution in [1.29, 1.82) is 0 Å². The Morgan fingerprint density at radius 3 is 2.10 bits per heavy atom. The van der Waals surface area contributed by atoms with E-state index in [2.05, 4.69) is 15.5 Å². The Bertz CT molecular complexity index is 632. The van der Waals surface area contributed by atoms with E-state index in [1.54, 1.807) is 0 Å². The number of halogens is 5. The van der Waals surface area contributed by atoms with Gasteiger partial charge in [-0.2, -0.15) is 0 Å². The van der Waals surface area contributed by atoms with Gasteiger partial charge in [0, 0.05) is 0 Å². The second kappa shape index (κ2) is 6.32. The SMILES string of the molecule is O=C(Cn1cnnn1)Oc1c(Cl)c(Cl)c(Cl)c(Cl)c1Cl. The van der Waals surface area contributed by atoms with Crippen LogP contribution in [0.25, 0.3) is 0 Å². The van der Waals surface area contributed by atoms with Crippen LogP contribution in [0.1, 0.15) is 0 Å². The van der Waals surface area contributed by atoms with Crippen molar-refractivity contribution in [3.05, 3.63) is 31.4 Å². The van der Waals surface area contributed by atoms with Gasteiger partial charge in [0.05, 0.1) is 15.1 Å². The molecule has 1 aromatic carbocycles. The molecule has 0 amide bonds. The van der Waals surface area contributed by atoms with Crippen LogP contribution in [0.3, 0.4) is 0 Å². The lowest BCUT2D eigenvalue weighted by Gasteiger charge is -2.12. The Kier molecular flexibility index (Phi) is 4.93. The van der Waals surface area contributed by atoms with E-state index >= 15 is 0 Å². The summed E-state index contributed by atoms with van der Waals surface area (Å²) in [6.07, 6.45) is 1.24. The van der Waals surface area contributed by atoms with Crippen LogP contribution in [0.2, 0.25) is 25.1 Å². The molecule has 11 heteroatoms. The molecule has 0 aliphatic heterocycles. The molecule has 0 N–H and O–H groups in total. The normalized spacial score (nSPS) is 10.7. The Labute approximate surface area is 137 Å². The van der Waals surface area contributed by atoms with Crippen molar-refractivity contribution in [2.45, 2.75) is 6.54 Å². The molecule has 0 aliphatic carbocycles. The van der Waals surface area contributed by atoms with Crippen molar-refractivity contribution in [3.8, 4) is 5.75 Å². The van der Waals surface area contributed by atoms with E-state index in [0.717, 1.165) is 4.68 Å². The first-order valence-electron chi connectivity index (χ1n) is 4.84. The van der Waals surface area contributed by atoms with Gasteiger partial charge in [-0.25, -0.2) is 9.48 Å². The van der Waals surface area contributed by atoms with Crippen LogP contribution in [-0.2, 0) is 11.3 Å². The molecule has 2 aromatic rings. The number of nitrogens with zero attached hydrogens (tertiary/aromatic N) is 4. The highest BCUT2D eigenvalue weighted by Gasteiger charge is 2.22. The number of carbonyl (C=O) groups is 1. The largest absolute Gasteiger partial charge is 0.422 e. The molecule has 0 bridgehead atoms. The van der Waals surface area contributed by atoms with E-state index in [9.17, 15) is 4.79 Å². The summed E-state index contributed by atoms with van der Waals surface area (Å²) in [6.45, 7) is -0.239. The molecule has 0 fully saturated rings. The lowest BCUT2D eigenvalue weighted by molar-refractivity contribution is -0.135. The molecule has 20 heavy (non-hydrogen) atoms. The fraction of sp³-hybridized carbons (Fsp3) is 0.111. The van der Waals surface area contributed by atoms with E-state index in [-0.39, 0.29) is 37.4 Å². The van der Waals surface area contributed by atoms with Crippen LogP contribution < -0.4 is 4.74 Å². The van der Waals surface area contributed by atoms with Gasteiger partial charge in [0.1, 0.15) is 22.9 Å². The number of tetrazole rings is 1. The van der Waals surface area contributed by atoms with E-state index in [0.29, 0.717) is 0 Å². The molecule has 6 nitrogen and oxygen atoms in total.